The molecule has 0 saturated carbocycles. The maximum absolute atomic E-state index is 12.1. The van der Waals surface area contributed by atoms with E-state index in [2.05, 4.69) is 14.9 Å². The molecular weight excluding hydrogens is 272 g/mol. The lowest BCUT2D eigenvalue weighted by Gasteiger charge is -2.19. The molecule has 2 heterocycles. The van der Waals surface area contributed by atoms with Crippen molar-refractivity contribution >= 4 is 22.0 Å². The average Bonchev–Trinajstić information content (AvgIpc) is 2.63. The summed E-state index contributed by atoms with van der Waals surface area (Å²) < 4.78 is 27.9. The Hall–Kier alpha value is -1.61. The molecule has 19 heavy (non-hydrogen) atoms. The first-order valence-corrected chi connectivity index (χ1v) is 7.49. The number of aromatic nitrogens is 2. The third-order valence-corrected chi connectivity index (χ3v) is 4.46. The minimum absolute atomic E-state index is 0.0124. The van der Waals surface area contributed by atoms with E-state index in [1.807, 2.05) is 0 Å². The third-order valence-electron chi connectivity index (χ3n) is 2.95. The van der Waals surface area contributed by atoms with Crippen LogP contribution in [0.4, 0.5) is 5.82 Å². The van der Waals surface area contributed by atoms with E-state index < -0.39 is 16.2 Å². The van der Waals surface area contributed by atoms with E-state index in [-0.39, 0.29) is 11.5 Å². The standard InChI is InChI=1S/C10H16N4O4S/c15-10(16)8-7-9(12-11-8)13-19(17,18)14-5-3-1-2-4-6-14/h7H,1-6H2,(H,15,16)(H2,11,12,13). The monoisotopic (exact) mass is 288 g/mol. The number of H-pyrrole nitrogens is 1. The number of aromatic carboxylic acids is 1. The van der Waals surface area contributed by atoms with Crippen molar-refractivity contribution in [3.63, 3.8) is 0 Å². The fourth-order valence-electron chi connectivity index (χ4n) is 1.96. The van der Waals surface area contributed by atoms with Gasteiger partial charge in [0, 0.05) is 19.2 Å². The molecule has 9 heteroatoms. The summed E-state index contributed by atoms with van der Waals surface area (Å²) in [7, 11) is -3.66. The van der Waals surface area contributed by atoms with Gasteiger partial charge in [0.25, 0.3) is 0 Å². The molecule has 106 valence electrons. The fraction of sp³-hybridized carbons (Fsp3) is 0.600. The third kappa shape index (κ3) is 3.44. The molecule has 8 nitrogen and oxygen atoms in total. The van der Waals surface area contributed by atoms with Gasteiger partial charge in [-0.2, -0.15) is 17.8 Å². The van der Waals surface area contributed by atoms with Crippen LogP contribution >= 0.6 is 0 Å². The Kier molecular flexibility index (Phi) is 4.05. The van der Waals surface area contributed by atoms with E-state index in [9.17, 15) is 13.2 Å². The van der Waals surface area contributed by atoms with Gasteiger partial charge < -0.3 is 5.11 Å². The van der Waals surface area contributed by atoms with Crippen molar-refractivity contribution in [2.75, 3.05) is 17.8 Å². The van der Waals surface area contributed by atoms with Crippen molar-refractivity contribution in [2.45, 2.75) is 25.7 Å². The lowest BCUT2D eigenvalue weighted by Crippen LogP contribution is -2.36. The van der Waals surface area contributed by atoms with Crippen molar-refractivity contribution in [3.8, 4) is 0 Å². The molecule has 2 rings (SSSR count). The van der Waals surface area contributed by atoms with Crippen molar-refractivity contribution in [3.05, 3.63) is 11.8 Å². The van der Waals surface area contributed by atoms with Crippen molar-refractivity contribution in [1.29, 1.82) is 0 Å². The summed E-state index contributed by atoms with van der Waals surface area (Å²) in [5.41, 5.74) is -0.159. The van der Waals surface area contributed by atoms with E-state index in [1.165, 1.54) is 4.31 Å². The molecule has 0 unspecified atom stereocenters. The van der Waals surface area contributed by atoms with Crippen molar-refractivity contribution in [2.24, 2.45) is 0 Å². The van der Waals surface area contributed by atoms with Crippen LogP contribution < -0.4 is 4.72 Å². The number of nitrogens with one attached hydrogen (secondary N) is 2. The van der Waals surface area contributed by atoms with E-state index in [1.54, 1.807) is 0 Å². The van der Waals surface area contributed by atoms with Crippen LogP contribution in [-0.4, -0.2) is 47.1 Å². The second-order valence-electron chi connectivity index (χ2n) is 4.39. The van der Waals surface area contributed by atoms with E-state index in [0.717, 1.165) is 31.7 Å². The van der Waals surface area contributed by atoms with Crippen LogP contribution in [-0.2, 0) is 10.2 Å². The molecule has 1 aliphatic heterocycles. The first kappa shape index (κ1) is 13.8. The number of rotatable bonds is 4. The van der Waals surface area contributed by atoms with Gasteiger partial charge in [-0.05, 0) is 12.8 Å². The molecule has 0 spiro atoms. The second-order valence-corrected chi connectivity index (χ2v) is 6.06. The zero-order valence-electron chi connectivity index (χ0n) is 10.3. The fourth-order valence-corrected chi connectivity index (χ4v) is 3.20. The van der Waals surface area contributed by atoms with Crippen LogP contribution in [0.25, 0.3) is 0 Å². The number of carboxylic acids is 1. The molecule has 0 aromatic carbocycles. The van der Waals surface area contributed by atoms with Gasteiger partial charge >= 0.3 is 16.2 Å². The number of hydrogen-bond donors (Lipinski definition) is 3. The van der Waals surface area contributed by atoms with Gasteiger partial charge in [-0.3, -0.25) is 9.82 Å². The number of nitrogens with zero attached hydrogens (tertiary/aromatic N) is 2. The SMILES string of the molecule is O=C(O)c1cc(NS(=O)(=O)N2CCCCCC2)n[nH]1. The Morgan fingerprint density at radius 3 is 2.47 bits per heavy atom. The minimum atomic E-state index is -3.66. The topological polar surface area (TPSA) is 115 Å². The summed E-state index contributed by atoms with van der Waals surface area (Å²) in [5, 5.41) is 14.6. The number of anilines is 1. The Morgan fingerprint density at radius 1 is 1.32 bits per heavy atom. The summed E-state index contributed by atoms with van der Waals surface area (Å²) >= 11 is 0. The maximum atomic E-state index is 12.1. The molecule has 1 saturated heterocycles. The predicted molar refractivity (Wildman–Crippen MR) is 68.1 cm³/mol. The van der Waals surface area contributed by atoms with Crippen LogP contribution in [0.15, 0.2) is 6.07 Å². The van der Waals surface area contributed by atoms with Crippen LogP contribution in [0.2, 0.25) is 0 Å². The first-order chi connectivity index (χ1) is 8.99. The molecule has 0 aliphatic carbocycles. The number of aromatic amines is 1. The highest BCUT2D eigenvalue weighted by Crippen LogP contribution is 2.15. The zero-order valence-corrected chi connectivity index (χ0v) is 11.1. The van der Waals surface area contributed by atoms with Crippen LogP contribution in [0, 0.1) is 0 Å². The van der Waals surface area contributed by atoms with E-state index >= 15 is 0 Å². The van der Waals surface area contributed by atoms with Crippen molar-refractivity contribution < 1.29 is 18.3 Å². The number of carbonyl (C=O) groups is 1. The Bertz CT molecular complexity index is 546. The summed E-state index contributed by atoms with van der Waals surface area (Å²) in [5.74, 6) is -1.20. The minimum Gasteiger partial charge on any atom is -0.477 e. The molecular formula is C10H16N4O4S. The molecule has 3 N–H and O–H groups in total. The quantitative estimate of drug-likeness (QED) is 0.752. The van der Waals surface area contributed by atoms with Gasteiger partial charge in [-0.1, -0.05) is 12.8 Å². The van der Waals surface area contributed by atoms with Crippen LogP contribution in [0.1, 0.15) is 36.2 Å². The van der Waals surface area contributed by atoms with E-state index in [0.29, 0.717) is 13.1 Å². The Labute approximate surface area is 111 Å². The largest absolute Gasteiger partial charge is 0.477 e. The molecule has 1 fully saturated rings. The van der Waals surface area contributed by atoms with Gasteiger partial charge in [0.2, 0.25) is 0 Å². The molecule has 1 aromatic rings. The van der Waals surface area contributed by atoms with E-state index in [4.69, 9.17) is 5.11 Å². The highest BCUT2D eigenvalue weighted by Gasteiger charge is 2.24. The number of hydrogen-bond acceptors (Lipinski definition) is 4. The zero-order chi connectivity index (χ0) is 13.9. The predicted octanol–water partition coefficient (Wildman–Crippen LogP) is 0.641. The lowest BCUT2D eigenvalue weighted by atomic mass is 10.2. The Balaban J connectivity index is 2.08. The van der Waals surface area contributed by atoms with Crippen molar-refractivity contribution in [1.82, 2.24) is 14.5 Å². The van der Waals surface area contributed by atoms with Gasteiger partial charge in [-0.15, -0.1) is 0 Å². The summed E-state index contributed by atoms with van der Waals surface area (Å²) in [6.07, 6.45) is 3.72. The first-order valence-electron chi connectivity index (χ1n) is 6.05. The van der Waals surface area contributed by atoms with Gasteiger partial charge in [0.15, 0.2) is 5.82 Å². The second kappa shape index (κ2) is 5.57. The summed E-state index contributed by atoms with van der Waals surface area (Å²) in [4.78, 5) is 10.7. The molecule has 1 aliphatic rings. The summed E-state index contributed by atoms with van der Waals surface area (Å²) in [6, 6.07) is 1.15. The highest BCUT2D eigenvalue weighted by molar-refractivity contribution is 7.90. The van der Waals surface area contributed by atoms with Crippen LogP contribution in [0.5, 0.6) is 0 Å². The molecule has 0 bridgehead atoms. The average molecular weight is 288 g/mol. The highest BCUT2D eigenvalue weighted by atomic mass is 32.2. The van der Waals surface area contributed by atoms with Crippen LogP contribution in [0.3, 0.4) is 0 Å². The number of carboxylic acid groups (broad SMARTS) is 1. The van der Waals surface area contributed by atoms with Gasteiger partial charge in [0.1, 0.15) is 5.69 Å². The van der Waals surface area contributed by atoms with Gasteiger partial charge in [-0.25, -0.2) is 4.79 Å². The normalized spacial score (nSPS) is 17.9. The molecule has 0 radical (unpaired) electrons. The molecule has 0 atom stereocenters. The molecule has 1 aromatic heterocycles. The van der Waals surface area contributed by atoms with Gasteiger partial charge in [0.05, 0.1) is 0 Å². The molecule has 0 amide bonds. The Morgan fingerprint density at radius 2 is 1.95 bits per heavy atom. The smallest absolute Gasteiger partial charge is 0.353 e. The maximum Gasteiger partial charge on any atom is 0.353 e. The lowest BCUT2D eigenvalue weighted by molar-refractivity contribution is 0.0690. The summed E-state index contributed by atoms with van der Waals surface area (Å²) in [6.45, 7) is 0.955.